The summed E-state index contributed by atoms with van der Waals surface area (Å²) in [5, 5.41) is 15.4. The molecule has 5 aromatic rings. The molecule has 0 aliphatic heterocycles. The summed E-state index contributed by atoms with van der Waals surface area (Å²) < 4.78 is 13.2. The van der Waals surface area contributed by atoms with E-state index in [2.05, 4.69) is 17.0 Å². The van der Waals surface area contributed by atoms with Gasteiger partial charge in [-0.1, -0.05) is 36.8 Å². The third kappa shape index (κ3) is 4.69. The lowest BCUT2D eigenvalue weighted by molar-refractivity contribution is -0.384. The van der Waals surface area contributed by atoms with Crippen LogP contribution in [0.4, 0.5) is 5.69 Å². The Hall–Kier alpha value is -4.31. The van der Waals surface area contributed by atoms with E-state index in [4.69, 9.17) is 9.15 Å². The first kappa shape index (κ1) is 22.5. The highest BCUT2D eigenvalue weighted by Crippen LogP contribution is 2.26. The number of hydrogen-bond acceptors (Lipinski definition) is 8. The molecular weight excluding hydrogens is 468 g/mol. The van der Waals surface area contributed by atoms with E-state index in [1.807, 2.05) is 24.3 Å². The third-order valence-corrected chi connectivity index (χ3v) is 6.26. The molecule has 3 heterocycles. The molecule has 10 heteroatoms. The van der Waals surface area contributed by atoms with Crippen LogP contribution in [0.3, 0.4) is 0 Å². The van der Waals surface area contributed by atoms with Crippen LogP contribution in [0.1, 0.15) is 25.5 Å². The molecule has 0 spiro atoms. The molecule has 5 rings (SSSR count). The average molecular weight is 489 g/mol. The first-order valence-electron chi connectivity index (χ1n) is 11.0. The molecule has 0 N–H and O–H groups in total. The van der Waals surface area contributed by atoms with Gasteiger partial charge < -0.3 is 9.15 Å². The number of rotatable bonds is 8. The van der Waals surface area contributed by atoms with Gasteiger partial charge in [-0.2, -0.15) is 9.50 Å². The van der Waals surface area contributed by atoms with Gasteiger partial charge >= 0.3 is 0 Å². The van der Waals surface area contributed by atoms with Gasteiger partial charge in [0.25, 0.3) is 11.2 Å². The molecule has 0 saturated heterocycles. The molecule has 3 aromatic heterocycles. The summed E-state index contributed by atoms with van der Waals surface area (Å²) in [7, 11) is 0. The minimum absolute atomic E-state index is 0.0220. The number of fused-ring (bicyclic) bond motifs is 1. The number of non-ortho nitro benzene ring substituents is 1. The minimum atomic E-state index is -0.457. The number of aromatic nitrogens is 3. The van der Waals surface area contributed by atoms with Crippen LogP contribution in [0.25, 0.3) is 33.7 Å². The standard InChI is InChI=1S/C25H20N4O5S/c1-2-3-13-33-19-9-7-16(8-10-19)23-26-25-28(27-23)24(30)22(35-25)15-20-11-12-21(34-20)17-5-4-6-18(14-17)29(31)32/h4-12,14-15H,2-3,13H2,1H3/b22-15-. The van der Waals surface area contributed by atoms with Crippen LogP contribution < -0.4 is 14.8 Å². The number of ether oxygens (including phenoxy) is 1. The van der Waals surface area contributed by atoms with Crippen molar-refractivity contribution < 1.29 is 14.1 Å². The number of thiazole rings is 1. The summed E-state index contributed by atoms with van der Waals surface area (Å²) >= 11 is 1.21. The summed E-state index contributed by atoms with van der Waals surface area (Å²) in [5.74, 6) is 2.17. The Bertz CT molecular complexity index is 1620. The first-order valence-corrected chi connectivity index (χ1v) is 11.8. The van der Waals surface area contributed by atoms with Gasteiger partial charge in [0.2, 0.25) is 4.96 Å². The van der Waals surface area contributed by atoms with Crippen molar-refractivity contribution in [2.45, 2.75) is 19.8 Å². The Morgan fingerprint density at radius 2 is 1.97 bits per heavy atom. The number of hydrogen-bond donors (Lipinski definition) is 0. The fourth-order valence-corrected chi connectivity index (χ4v) is 4.37. The van der Waals surface area contributed by atoms with Crippen molar-refractivity contribution in [2.24, 2.45) is 0 Å². The zero-order valence-corrected chi connectivity index (χ0v) is 19.5. The van der Waals surface area contributed by atoms with Crippen molar-refractivity contribution >= 4 is 28.1 Å². The molecular formula is C25H20N4O5S. The van der Waals surface area contributed by atoms with Crippen LogP contribution in [-0.2, 0) is 0 Å². The summed E-state index contributed by atoms with van der Waals surface area (Å²) in [6.45, 7) is 2.79. The van der Waals surface area contributed by atoms with Crippen molar-refractivity contribution in [2.75, 3.05) is 6.61 Å². The Morgan fingerprint density at radius 1 is 1.14 bits per heavy atom. The minimum Gasteiger partial charge on any atom is -0.494 e. The number of furan rings is 1. The zero-order chi connectivity index (χ0) is 24.4. The molecule has 0 amide bonds. The highest BCUT2D eigenvalue weighted by molar-refractivity contribution is 7.15. The summed E-state index contributed by atoms with van der Waals surface area (Å²) in [5.41, 5.74) is 1.06. The second-order valence-corrected chi connectivity index (χ2v) is 8.79. The smallest absolute Gasteiger partial charge is 0.291 e. The molecule has 0 aliphatic rings. The Balaban J connectivity index is 1.39. The Labute approximate surface area is 203 Å². The fourth-order valence-electron chi connectivity index (χ4n) is 3.48. The van der Waals surface area contributed by atoms with E-state index in [-0.39, 0.29) is 11.2 Å². The lowest BCUT2D eigenvalue weighted by Crippen LogP contribution is -2.23. The second kappa shape index (κ2) is 9.51. The Morgan fingerprint density at radius 3 is 2.71 bits per heavy atom. The molecule has 35 heavy (non-hydrogen) atoms. The van der Waals surface area contributed by atoms with E-state index in [0.717, 1.165) is 24.2 Å². The lowest BCUT2D eigenvalue weighted by Gasteiger charge is -2.05. The molecule has 0 aliphatic carbocycles. The second-order valence-electron chi connectivity index (χ2n) is 7.78. The zero-order valence-electron chi connectivity index (χ0n) is 18.7. The highest BCUT2D eigenvalue weighted by Gasteiger charge is 2.14. The molecule has 0 atom stereocenters. The van der Waals surface area contributed by atoms with E-state index in [9.17, 15) is 14.9 Å². The molecule has 0 unspecified atom stereocenters. The van der Waals surface area contributed by atoms with E-state index in [1.54, 1.807) is 30.3 Å². The van der Waals surface area contributed by atoms with Crippen molar-refractivity contribution in [3.63, 3.8) is 0 Å². The van der Waals surface area contributed by atoms with Crippen LogP contribution in [0.2, 0.25) is 0 Å². The SMILES string of the molecule is CCCCOc1ccc(-c2nc3s/c(=C\c4ccc(-c5cccc([N+](=O)[O-])c5)o4)c(=O)n3n2)cc1. The van der Waals surface area contributed by atoms with E-state index < -0.39 is 4.92 Å². The van der Waals surface area contributed by atoms with Crippen LogP contribution >= 0.6 is 11.3 Å². The predicted molar refractivity (Wildman–Crippen MR) is 133 cm³/mol. The van der Waals surface area contributed by atoms with Gasteiger partial charge in [-0.05, 0) is 42.8 Å². The topological polar surface area (TPSA) is 113 Å². The normalized spacial score (nSPS) is 11.9. The molecule has 9 nitrogen and oxygen atoms in total. The lowest BCUT2D eigenvalue weighted by atomic mass is 10.1. The average Bonchev–Trinajstić information content (AvgIpc) is 3.57. The van der Waals surface area contributed by atoms with Gasteiger partial charge in [0, 0.05) is 29.3 Å². The van der Waals surface area contributed by atoms with Crippen LogP contribution in [0, 0.1) is 10.1 Å². The number of unbranched alkanes of at least 4 members (excludes halogenated alkanes) is 1. The first-order chi connectivity index (χ1) is 17.0. The van der Waals surface area contributed by atoms with E-state index in [1.165, 1.54) is 28.0 Å². The third-order valence-electron chi connectivity index (χ3n) is 5.30. The number of nitrogens with zero attached hydrogens (tertiary/aromatic N) is 4. The maximum Gasteiger partial charge on any atom is 0.291 e. The monoisotopic (exact) mass is 488 g/mol. The summed E-state index contributed by atoms with van der Waals surface area (Å²) in [6, 6.07) is 17.1. The quantitative estimate of drug-likeness (QED) is 0.177. The molecule has 0 saturated carbocycles. The fraction of sp³-hybridized carbons (Fsp3) is 0.160. The van der Waals surface area contributed by atoms with Crippen LogP contribution in [-0.4, -0.2) is 26.1 Å². The van der Waals surface area contributed by atoms with Gasteiger partial charge in [0.05, 0.1) is 11.5 Å². The maximum atomic E-state index is 12.9. The van der Waals surface area contributed by atoms with E-state index >= 15 is 0 Å². The summed E-state index contributed by atoms with van der Waals surface area (Å²) in [4.78, 5) is 28.4. The highest BCUT2D eigenvalue weighted by atomic mass is 32.1. The van der Waals surface area contributed by atoms with Gasteiger partial charge in [0.15, 0.2) is 5.82 Å². The van der Waals surface area contributed by atoms with Gasteiger partial charge in [0.1, 0.15) is 21.8 Å². The van der Waals surface area contributed by atoms with Crippen LogP contribution in [0.15, 0.2) is 69.9 Å². The molecule has 0 fully saturated rings. The predicted octanol–water partition coefficient (Wildman–Crippen LogP) is 4.71. The van der Waals surface area contributed by atoms with E-state index in [0.29, 0.717) is 39.0 Å². The van der Waals surface area contributed by atoms with Crippen molar-refractivity contribution in [1.29, 1.82) is 0 Å². The molecule has 2 aromatic carbocycles. The maximum absolute atomic E-state index is 12.9. The number of nitro benzene ring substituents is 1. The van der Waals surface area contributed by atoms with Crippen molar-refractivity contribution in [3.05, 3.63) is 91.4 Å². The van der Waals surface area contributed by atoms with Crippen LogP contribution in [0.5, 0.6) is 5.75 Å². The van der Waals surface area contributed by atoms with Gasteiger partial charge in [-0.15, -0.1) is 5.10 Å². The van der Waals surface area contributed by atoms with Crippen molar-refractivity contribution in [3.8, 4) is 28.5 Å². The van der Waals surface area contributed by atoms with Crippen molar-refractivity contribution in [1.82, 2.24) is 14.6 Å². The van der Waals surface area contributed by atoms with Gasteiger partial charge in [-0.3, -0.25) is 14.9 Å². The number of benzene rings is 2. The largest absolute Gasteiger partial charge is 0.494 e. The number of nitro groups is 1. The summed E-state index contributed by atoms with van der Waals surface area (Å²) in [6.07, 6.45) is 3.69. The molecule has 0 radical (unpaired) electrons. The molecule has 176 valence electrons. The van der Waals surface area contributed by atoms with Gasteiger partial charge in [-0.25, -0.2) is 0 Å². The Kier molecular flexibility index (Phi) is 6.11. The molecule has 0 bridgehead atoms.